The molecule has 0 radical (unpaired) electrons. The van der Waals surface area contributed by atoms with Crippen LogP contribution in [-0.2, 0) is 12.0 Å². The van der Waals surface area contributed by atoms with Gasteiger partial charge < -0.3 is 5.73 Å². The fourth-order valence-corrected chi connectivity index (χ4v) is 2.66. The fourth-order valence-electron chi connectivity index (χ4n) is 2.25. The van der Waals surface area contributed by atoms with E-state index < -0.39 is 5.54 Å². The Labute approximate surface area is 125 Å². The highest BCUT2D eigenvalue weighted by molar-refractivity contribution is 9.10. The van der Waals surface area contributed by atoms with Gasteiger partial charge in [-0.1, -0.05) is 31.2 Å². The van der Waals surface area contributed by atoms with Crippen molar-refractivity contribution >= 4 is 15.9 Å². The first-order chi connectivity index (χ1) is 9.46. The van der Waals surface area contributed by atoms with E-state index in [2.05, 4.69) is 15.9 Å². The van der Waals surface area contributed by atoms with Gasteiger partial charge in [0.15, 0.2) is 0 Å². The first-order valence-corrected chi connectivity index (χ1v) is 7.23. The van der Waals surface area contributed by atoms with Gasteiger partial charge in [0, 0.05) is 5.54 Å². The van der Waals surface area contributed by atoms with E-state index >= 15 is 0 Å². The van der Waals surface area contributed by atoms with Gasteiger partial charge in [0.1, 0.15) is 11.6 Å². The van der Waals surface area contributed by atoms with Crippen LogP contribution in [0.3, 0.4) is 0 Å². The van der Waals surface area contributed by atoms with Crippen LogP contribution in [-0.4, -0.2) is 0 Å². The van der Waals surface area contributed by atoms with Crippen molar-refractivity contribution in [3.05, 3.63) is 69.7 Å². The molecule has 2 aromatic rings. The molecule has 0 saturated carbocycles. The van der Waals surface area contributed by atoms with Crippen molar-refractivity contribution in [3.63, 3.8) is 0 Å². The van der Waals surface area contributed by atoms with Crippen LogP contribution in [0, 0.1) is 11.6 Å². The van der Waals surface area contributed by atoms with Gasteiger partial charge in [-0.05, 0) is 58.1 Å². The van der Waals surface area contributed by atoms with Crippen molar-refractivity contribution in [1.82, 2.24) is 0 Å². The molecule has 20 heavy (non-hydrogen) atoms. The van der Waals surface area contributed by atoms with Crippen LogP contribution >= 0.6 is 15.9 Å². The molecule has 0 heterocycles. The number of hydrogen-bond acceptors (Lipinski definition) is 1. The summed E-state index contributed by atoms with van der Waals surface area (Å²) in [4.78, 5) is 0. The lowest BCUT2D eigenvalue weighted by molar-refractivity contribution is 0.420. The molecule has 0 bridgehead atoms. The molecule has 2 N–H and O–H groups in total. The summed E-state index contributed by atoms with van der Waals surface area (Å²) in [5.74, 6) is -0.635. The molecule has 0 amide bonds. The monoisotopic (exact) mass is 339 g/mol. The molecule has 2 rings (SSSR count). The molecular weight excluding hydrogens is 324 g/mol. The molecule has 0 saturated heterocycles. The van der Waals surface area contributed by atoms with Gasteiger partial charge >= 0.3 is 0 Å². The Morgan fingerprint density at radius 3 is 2.50 bits per heavy atom. The molecule has 1 nitrogen and oxygen atoms in total. The Hall–Kier alpha value is -1.26. The van der Waals surface area contributed by atoms with Crippen LogP contribution in [0.4, 0.5) is 8.78 Å². The Morgan fingerprint density at radius 2 is 1.85 bits per heavy atom. The van der Waals surface area contributed by atoms with E-state index in [0.717, 1.165) is 11.1 Å². The van der Waals surface area contributed by atoms with E-state index in [9.17, 15) is 8.78 Å². The van der Waals surface area contributed by atoms with Gasteiger partial charge in [-0.2, -0.15) is 0 Å². The Kier molecular flexibility index (Phi) is 4.55. The average Bonchev–Trinajstić information content (AvgIpc) is 2.44. The molecule has 0 spiro atoms. The minimum Gasteiger partial charge on any atom is -0.321 e. The minimum atomic E-state index is -0.724. The molecule has 4 heteroatoms. The van der Waals surface area contributed by atoms with E-state index in [1.807, 2.05) is 13.0 Å². The molecule has 0 aromatic heterocycles. The maximum Gasteiger partial charge on any atom is 0.137 e. The zero-order valence-corrected chi connectivity index (χ0v) is 12.8. The van der Waals surface area contributed by atoms with Crippen molar-refractivity contribution in [1.29, 1.82) is 0 Å². The molecule has 1 unspecified atom stereocenters. The highest BCUT2D eigenvalue weighted by atomic mass is 79.9. The zero-order valence-electron chi connectivity index (χ0n) is 11.2. The van der Waals surface area contributed by atoms with E-state index in [-0.39, 0.29) is 11.6 Å². The van der Waals surface area contributed by atoms with Gasteiger partial charge in [-0.15, -0.1) is 0 Å². The number of halogens is 3. The highest BCUT2D eigenvalue weighted by Gasteiger charge is 2.27. The standard InChI is InChI=1S/C16H16BrF2N/c1-2-16(20,12-6-4-7-13(18)9-12)10-11-5-3-8-14(19)15(11)17/h3-9H,2,10,20H2,1H3. The zero-order chi connectivity index (χ0) is 14.8. The third-order valence-electron chi connectivity index (χ3n) is 3.57. The molecule has 0 aliphatic heterocycles. The van der Waals surface area contributed by atoms with Gasteiger partial charge in [-0.25, -0.2) is 8.78 Å². The molecule has 2 aromatic carbocycles. The van der Waals surface area contributed by atoms with Crippen molar-refractivity contribution in [3.8, 4) is 0 Å². The summed E-state index contributed by atoms with van der Waals surface area (Å²) in [6.45, 7) is 1.94. The number of rotatable bonds is 4. The minimum absolute atomic E-state index is 0.316. The number of benzene rings is 2. The second-order valence-electron chi connectivity index (χ2n) is 4.91. The quantitative estimate of drug-likeness (QED) is 0.869. The Bertz CT molecular complexity index is 615. The summed E-state index contributed by atoms with van der Waals surface area (Å²) in [6, 6.07) is 11.1. The molecule has 0 aliphatic rings. The summed E-state index contributed by atoms with van der Waals surface area (Å²) in [7, 11) is 0. The van der Waals surface area contributed by atoms with Crippen LogP contribution in [0.1, 0.15) is 24.5 Å². The lowest BCUT2D eigenvalue weighted by Gasteiger charge is -2.29. The van der Waals surface area contributed by atoms with Crippen LogP contribution in [0.15, 0.2) is 46.9 Å². The molecule has 0 aliphatic carbocycles. The van der Waals surface area contributed by atoms with Gasteiger partial charge in [0.05, 0.1) is 4.47 Å². The largest absolute Gasteiger partial charge is 0.321 e. The molecule has 106 valence electrons. The molecule has 1 atom stereocenters. The summed E-state index contributed by atoms with van der Waals surface area (Å²) < 4.78 is 27.4. The summed E-state index contributed by atoms with van der Waals surface area (Å²) in [6.07, 6.45) is 1.06. The highest BCUT2D eigenvalue weighted by Crippen LogP contribution is 2.31. The van der Waals surface area contributed by atoms with Crippen LogP contribution in [0.5, 0.6) is 0 Å². The molecular formula is C16H16BrF2N. The summed E-state index contributed by atoms with van der Waals surface area (Å²) in [5, 5.41) is 0. The Morgan fingerprint density at radius 1 is 1.15 bits per heavy atom. The third kappa shape index (κ3) is 3.07. The second-order valence-corrected chi connectivity index (χ2v) is 5.70. The predicted octanol–water partition coefficient (Wildman–Crippen LogP) is 4.53. The third-order valence-corrected chi connectivity index (χ3v) is 4.46. The second kappa shape index (κ2) is 6.02. The number of hydrogen-bond donors (Lipinski definition) is 1. The first-order valence-electron chi connectivity index (χ1n) is 6.44. The van der Waals surface area contributed by atoms with Crippen LogP contribution in [0.25, 0.3) is 0 Å². The lowest BCUT2D eigenvalue weighted by atomic mass is 9.82. The van der Waals surface area contributed by atoms with E-state index in [1.165, 1.54) is 18.2 Å². The Balaban J connectivity index is 2.39. The topological polar surface area (TPSA) is 26.0 Å². The molecule has 0 fully saturated rings. The maximum absolute atomic E-state index is 13.6. The SMILES string of the molecule is CCC(N)(Cc1cccc(F)c1Br)c1cccc(F)c1. The first kappa shape index (κ1) is 15.1. The van der Waals surface area contributed by atoms with Crippen LogP contribution in [0.2, 0.25) is 0 Å². The summed E-state index contributed by atoms with van der Waals surface area (Å²) in [5.41, 5.74) is 7.20. The van der Waals surface area contributed by atoms with Crippen molar-refractivity contribution in [2.24, 2.45) is 5.73 Å². The number of nitrogens with two attached hydrogens (primary N) is 1. The normalized spacial score (nSPS) is 14.1. The van der Waals surface area contributed by atoms with E-state index in [0.29, 0.717) is 17.3 Å². The van der Waals surface area contributed by atoms with Gasteiger partial charge in [-0.3, -0.25) is 0 Å². The fraction of sp³-hybridized carbons (Fsp3) is 0.250. The van der Waals surface area contributed by atoms with Crippen molar-refractivity contribution < 1.29 is 8.78 Å². The maximum atomic E-state index is 13.6. The average molecular weight is 340 g/mol. The van der Waals surface area contributed by atoms with Gasteiger partial charge in [0.25, 0.3) is 0 Å². The van der Waals surface area contributed by atoms with E-state index in [1.54, 1.807) is 18.2 Å². The smallest absolute Gasteiger partial charge is 0.137 e. The van der Waals surface area contributed by atoms with Crippen molar-refractivity contribution in [2.75, 3.05) is 0 Å². The predicted molar refractivity (Wildman–Crippen MR) is 80.4 cm³/mol. The van der Waals surface area contributed by atoms with Gasteiger partial charge in [0.2, 0.25) is 0 Å². The van der Waals surface area contributed by atoms with Crippen LogP contribution < -0.4 is 5.73 Å². The lowest BCUT2D eigenvalue weighted by Crippen LogP contribution is -2.38. The van der Waals surface area contributed by atoms with E-state index in [4.69, 9.17) is 5.73 Å². The van der Waals surface area contributed by atoms with Crippen molar-refractivity contribution in [2.45, 2.75) is 25.3 Å². The summed E-state index contributed by atoms with van der Waals surface area (Å²) >= 11 is 3.24.